The number of aryl methyl sites for hydroxylation is 1. The molecule has 0 unspecified atom stereocenters. The SMILES string of the molecule is Cc1nn(-c2nc3ccccc3[nH]2)c2ncc(C(=O)O)cc12.O.O. The van der Waals surface area contributed by atoms with Crippen LogP contribution in [0.2, 0.25) is 0 Å². The summed E-state index contributed by atoms with van der Waals surface area (Å²) in [5.41, 5.74) is 3.15. The number of carbonyl (C=O) groups is 1. The number of pyridine rings is 1. The average Bonchev–Trinajstić information content (AvgIpc) is 3.08. The molecular weight excluding hydrogens is 314 g/mol. The number of nitrogens with one attached hydrogen (secondary N) is 1. The minimum Gasteiger partial charge on any atom is -0.478 e. The summed E-state index contributed by atoms with van der Waals surface area (Å²) in [7, 11) is 0. The van der Waals surface area contributed by atoms with Crippen LogP contribution >= 0.6 is 0 Å². The molecule has 9 heteroatoms. The molecule has 0 radical (unpaired) electrons. The fraction of sp³-hybridized carbons (Fsp3) is 0.0667. The lowest BCUT2D eigenvalue weighted by molar-refractivity contribution is 0.0696. The van der Waals surface area contributed by atoms with E-state index in [1.807, 2.05) is 31.2 Å². The predicted octanol–water partition coefficient (Wildman–Crippen LogP) is 0.654. The molecule has 3 heterocycles. The van der Waals surface area contributed by atoms with Crippen LogP contribution in [0.15, 0.2) is 36.5 Å². The first kappa shape index (κ1) is 17.1. The van der Waals surface area contributed by atoms with Gasteiger partial charge in [-0.3, -0.25) is 0 Å². The molecule has 4 rings (SSSR count). The Hall–Kier alpha value is -3.30. The first-order chi connectivity index (χ1) is 10.6. The predicted molar refractivity (Wildman–Crippen MR) is 87.4 cm³/mol. The van der Waals surface area contributed by atoms with Crippen molar-refractivity contribution in [3.63, 3.8) is 0 Å². The molecule has 0 aliphatic carbocycles. The quantitative estimate of drug-likeness (QED) is 0.551. The van der Waals surface area contributed by atoms with Gasteiger partial charge in [0.05, 0.1) is 22.3 Å². The molecule has 0 saturated carbocycles. The topological polar surface area (TPSA) is 160 Å². The zero-order valence-corrected chi connectivity index (χ0v) is 12.6. The lowest BCUT2D eigenvalue weighted by atomic mass is 10.2. The third kappa shape index (κ3) is 2.47. The number of nitrogens with zero attached hydrogens (tertiary/aromatic N) is 4. The molecule has 0 bridgehead atoms. The second-order valence-corrected chi connectivity index (χ2v) is 4.98. The van der Waals surface area contributed by atoms with Gasteiger partial charge in [-0.25, -0.2) is 14.8 Å². The van der Waals surface area contributed by atoms with Gasteiger partial charge in [0.2, 0.25) is 5.95 Å². The van der Waals surface area contributed by atoms with E-state index in [1.165, 1.54) is 6.20 Å². The highest BCUT2D eigenvalue weighted by atomic mass is 16.4. The highest BCUT2D eigenvalue weighted by Crippen LogP contribution is 2.21. The number of imidazole rings is 1. The number of carboxylic acids is 1. The number of fused-ring (bicyclic) bond motifs is 2. The molecule has 0 amide bonds. The zero-order chi connectivity index (χ0) is 15.3. The van der Waals surface area contributed by atoms with E-state index >= 15 is 0 Å². The molecule has 0 fully saturated rings. The molecule has 124 valence electrons. The van der Waals surface area contributed by atoms with Crippen molar-refractivity contribution in [3.05, 3.63) is 47.8 Å². The van der Waals surface area contributed by atoms with E-state index in [2.05, 4.69) is 20.1 Å². The molecule has 0 aliphatic rings. The van der Waals surface area contributed by atoms with E-state index in [4.69, 9.17) is 5.11 Å². The molecule has 1 aromatic carbocycles. The molecular formula is C15H15N5O4. The number of aromatic nitrogens is 5. The molecule has 0 aliphatic heterocycles. The first-order valence-corrected chi connectivity index (χ1v) is 6.67. The number of carboxylic acid groups (broad SMARTS) is 1. The van der Waals surface area contributed by atoms with Crippen LogP contribution in [0.1, 0.15) is 16.1 Å². The summed E-state index contributed by atoms with van der Waals surface area (Å²) in [5, 5.41) is 14.2. The second kappa shape index (κ2) is 6.07. The van der Waals surface area contributed by atoms with Gasteiger partial charge in [-0.2, -0.15) is 9.78 Å². The fourth-order valence-corrected chi connectivity index (χ4v) is 2.45. The maximum Gasteiger partial charge on any atom is 0.337 e. The van der Waals surface area contributed by atoms with Crippen LogP contribution in [0.25, 0.3) is 28.0 Å². The fourth-order valence-electron chi connectivity index (χ4n) is 2.45. The molecule has 9 nitrogen and oxygen atoms in total. The summed E-state index contributed by atoms with van der Waals surface area (Å²) >= 11 is 0. The van der Waals surface area contributed by atoms with E-state index in [1.54, 1.807) is 10.7 Å². The van der Waals surface area contributed by atoms with Crippen LogP contribution in [-0.4, -0.2) is 46.8 Å². The smallest absolute Gasteiger partial charge is 0.337 e. The molecule has 4 aromatic rings. The van der Waals surface area contributed by atoms with Crippen molar-refractivity contribution in [1.82, 2.24) is 24.7 Å². The van der Waals surface area contributed by atoms with Crippen molar-refractivity contribution in [2.75, 3.05) is 0 Å². The zero-order valence-electron chi connectivity index (χ0n) is 12.6. The van der Waals surface area contributed by atoms with Gasteiger partial charge >= 0.3 is 5.97 Å². The summed E-state index contributed by atoms with van der Waals surface area (Å²) in [4.78, 5) is 23.0. The van der Waals surface area contributed by atoms with Crippen LogP contribution in [0, 0.1) is 6.92 Å². The minimum atomic E-state index is -1.01. The number of hydrogen-bond acceptors (Lipinski definition) is 4. The normalized spacial score (nSPS) is 10.4. The van der Waals surface area contributed by atoms with Gasteiger partial charge in [0.1, 0.15) is 0 Å². The molecule has 0 atom stereocenters. The Morgan fingerprint density at radius 2 is 2.00 bits per heavy atom. The summed E-state index contributed by atoms with van der Waals surface area (Å²) in [6, 6.07) is 9.25. The van der Waals surface area contributed by atoms with Crippen molar-refractivity contribution < 1.29 is 20.9 Å². The number of benzene rings is 1. The maximum absolute atomic E-state index is 11.1. The Morgan fingerprint density at radius 3 is 2.71 bits per heavy atom. The highest BCUT2D eigenvalue weighted by Gasteiger charge is 2.15. The monoisotopic (exact) mass is 329 g/mol. The number of aromatic amines is 1. The van der Waals surface area contributed by atoms with Gasteiger partial charge in [-0.05, 0) is 25.1 Å². The second-order valence-electron chi connectivity index (χ2n) is 4.98. The average molecular weight is 329 g/mol. The van der Waals surface area contributed by atoms with Crippen molar-refractivity contribution >= 4 is 28.0 Å². The van der Waals surface area contributed by atoms with Gasteiger partial charge in [0, 0.05) is 11.6 Å². The van der Waals surface area contributed by atoms with Crippen LogP contribution in [0.4, 0.5) is 0 Å². The van der Waals surface area contributed by atoms with Crippen LogP contribution in [0.3, 0.4) is 0 Å². The van der Waals surface area contributed by atoms with Crippen molar-refractivity contribution in [2.45, 2.75) is 6.92 Å². The van der Waals surface area contributed by atoms with Crippen molar-refractivity contribution in [3.8, 4) is 5.95 Å². The van der Waals surface area contributed by atoms with Crippen LogP contribution in [0.5, 0.6) is 0 Å². The molecule has 3 aromatic heterocycles. The third-order valence-electron chi connectivity index (χ3n) is 3.53. The van der Waals surface area contributed by atoms with Gasteiger partial charge in [-0.15, -0.1) is 0 Å². The lowest BCUT2D eigenvalue weighted by Gasteiger charge is -1.98. The highest BCUT2D eigenvalue weighted by molar-refractivity contribution is 5.92. The van der Waals surface area contributed by atoms with Gasteiger partial charge in [-0.1, -0.05) is 12.1 Å². The van der Waals surface area contributed by atoms with Gasteiger partial charge < -0.3 is 21.0 Å². The standard InChI is InChI=1S/C15H11N5O2.2H2O/c1-8-10-6-9(14(21)22)7-16-13(10)20(19-8)15-17-11-4-2-3-5-12(11)18-15;;/h2-7H,1H3,(H,17,18)(H,21,22);2*1H2. The Kier molecular flexibility index (Phi) is 4.31. The summed E-state index contributed by atoms with van der Waals surface area (Å²) in [5.74, 6) is -0.458. The summed E-state index contributed by atoms with van der Waals surface area (Å²) in [6.07, 6.45) is 1.32. The molecule has 0 spiro atoms. The van der Waals surface area contributed by atoms with Crippen LogP contribution in [-0.2, 0) is 0 Å². The minimum absolute atomic E-state index is 0. The number of rotatable bonds is 2. The number of para-hydroxylation sites is 2. The molecule has 0 saturated heterocycles. The van der Waals surface area contributed by atoms with E-state index in [0.29, 0.717) is 22.7 Å². The Labute approximate surface area is 135 Å². The van der Waals surface area contributed by atoms with Gasteiger partial charge in [0.25, 0.3) is 0 Å². The summed E-state index contributed by atoms with van der Waals surface area (Å²) < 4.78 is 1.59. The van der Waals surface area contributed by atoms with E-state index in [-0.39, 0.29) is 16.5 Å². The van der Waals surface area contributed by atoms with Crippen molar-refractivity contribution in [2.24, 2.45) is 0 Å². The molecule has 6 N–H and O–H groups in total. The van der Waals surface area contributed by atoms with Gasteiger partial charge in [0.15, 0.2) is 5.65 Å². The lowest BCUT2D eigenvalue weighted by Crippen LogP contribution is -2.01. The Bertz CT molecular complexity index is 1000. The number of aromatic carboxylic acids is 1. The number of hydrogen-bond donors (Lipinski definition) is 2. The largest absolute Gasteiger partial charge is 0.478 e. The van der Waals surface area contributed by atoms with E-state index in [0.717, 1.165) is 11.0 Å². The Balaban J connectivity index is 0.00000104. The summed E-state index contributed by atoms with van der Waals surface area (Å²) in [6.45, 7) is 1.81. The van der Waals surface area contributed by atoms with E-state index < -0.39 is 5.97 Å². The van der Waals surface area contributed by atoms with E-state index in [9.17, 15) is 4.79 Å². The number of H-pyrrole nitrogens is 1. The molecule has 24 heavy (non-hydrogen) atoms. The maximum atomic E-state index is 11.1. The van der Waals surface area contributed by atoms with Crippen LogP contribution < -0.4 is 0 Å². The Morgan fingerprint density at radius 1 is 1.25 bits per heavy atom. The van der Waals surface area contributed by atoms with Crippen molar-refractivity contribution in [1.29, 1.82) is 0 Å². The first-order valence-electron chi connectivity index (χ1n) is 6.67. The third-order valence-corrected chi connectivity index (χ3v) is 3.53.